The lowest BCUT2D eigenvalue weighted by Gasteiger charge is -2.32. The van der Waals surface area contributed by atoms with E-state index in [1.165, 1.54) is 12.8 Å². The molecule has 0 N–H and O–H groups in total. The van der Waals surface area contributed by atoms with Crippen molar-refractivity contribution < 1.29 is 9.53 Å². The van der Waals surface area contributed by atoms with Crippen LogP contribution in [0.15, 0.2) is 0 Å². The number of cyclic esters (lactones) is 1. The Kier molecular flexibility index (Phi) is 2.77. The first kappa shape index (κ1) is 9.97. The molecule has 0 aliphatic carbocycles. The number of piperidine rings is 1. The first-order valence-corrected chi connectivity index (χ1v) is 5.61. The van der Waals surface area contributed by atoms with Gasteiger partial charge in [-0.15, -0.1) is 0 Å². The van der Waals surface area contributed by atoms with Gasteiger partial charge in [-0.25, -0.2) is 0 Å². The zero-order valence-electron chi connectivity index (χ0n) is 9.03. The SMILES string of the molecule is CC1CCN([C@@H]2C[C@H](C)OC2=O)CC1. The summed E-state index contributed by atoms with van der Waals surface area (Å²) < 4.78 is 5.17. The number of hydrogen-bond donors (Lipinski definition) is 0. The number of rotatable bonds is 1. The van der Waals surface area contributed by atoms with Gasteiger partial charge in [0.15, 0.2) is 0 Å². The van der Waals surface area contributed by atoms with Crippen molar-refractivity contribution in [3.63, 3.8) is 0 Å². The van der Waals surface area contributed by atoms with E-state index in [1.807, 2.05) is 6.92 Å². The molecular weight excluding hydrogens is 178 g/mol. The van der Waals surface area contributed by atoms with Crippen LogP contribution >= 0.6 is 0 Å². The third-order valence-electron chi connectivity index (χ3n) is 3.40. The van der Waals surface area contributed by atoms with E-state index in [-0.39, 0.29) is 18.1 Å². The fourth-order valence-electron chi connectivity index (χ4n) is 2.37. The second kappa shape index (κ2) is 3.89. The van der Waals surface area contributed by atoms with E-state index in [1.54, 1.807) is 0 Å². The smallest absolute Gasteiger partial charge is 0.323 e. The summed E-state index contributed by atoms with van der Waals surface area (Å²) in [6.07, 6.45) is 3.44. The van der Waals surface area contributed by atoms with Crippen molar-refractivity contribution in [2.45, 2.75) is 45.3 Å². The summed E-state index contributed by atoms with van der Waals surface area (Å²) in [5.41, 5.74) is 0. The highest BCUT2D eigenvalue weighted by Crippen LogP contribution is 2.24. The van der Waals surface area contributed by atoms with Crippen LogP contribution in [0, 0.1) is 5.92 Å². The summed E-state index contributed by atoms with van der Waals surface area (Å²) in [5.74, 6) is 0.813. The molecule has 0 bridgehead atoms. The molecule has 0 saturated carbocycles. The molecule has 0 amide bonds. The van der Waals surface area contributed by atoms with Gasteiger partial charge in [-0.2, -0.15) is 0 Å². The molecule has 0 aromatic rings. The second-order valence-corrected chi connectivity index (χ2v) is 4.72. The molecule has 2 aliphatic heterocycles. The molecular formula is C11H19NO2. The lowest BCUT2D eigenvalue weighted by atomic mass is 9.97. The second-order valence-electron chi connectivity index (χ2n) is 4.72. The molecule has 0 aromatic carbocycles. The molecule has 2 saturated heterocycles. The maximum absolute atomic E-state index is 11.5. The van der Waals surface area contributed by atoms with E-state index in [9.17, 15) is 4.79 Å². The molecule has 2 aliphatic rings. The van der Waals surface area contributed by atoms with Crippen LogP contribution in [0.2, 0.25) is 0 Å². The van der Waals surface area contributed by atoms with E-state index in [4.69, 9.17) is 4.74 Å². The average molecular weight is 197 g/mol. The number of ether oxygens (including phenoxy) is 1. The third-order valence-corrected chi connectivity index (χ3v) is 3.40. The third kappa shape index (κ3) is 1.92. The number of likely N-dealkylation sites (tertiary alicyclic amines) is 1. The fraction of sp³-hybridized carbons (Fsp3) is 0.909. The van der Waals surface area contributed by atoms with Crippen LogP contribution in [-0.4, -0.2) is 36.1 Å². The van der Waals surface area contributed by atoms with Crippen LogP contribution in [0.3, 0.4) is 0 Å². The number of hydrogen-bond acceptors (Lipinski definition) is 3. The Labute approximate surface area is 85.4 Å². The molecule has 0 spiro atoms. The van der Waals surface area contributed by atoms with Crippen LogP contribution < -0.4 is 0 Å². The summed E-state index contributed by atoms with van der Waals surface area (Å²) in [6, 6.07) is 0.0532. The lowest BCUT2D eigenvalue weighted by Crippen LogP contribution is -2.43. The van der Waals surface area contributed by atoms with Crippen molar-refractivity contribution in [1.29, 1.82) is 0 Å². The van der Waals surface area contributed by atoms with Gasteiger partial charge >= 0.3 is 5.97 Å². The van der Waals surface area contributed by atoms with Crippen LogP contribution in [0.1, 0.15) is 33.1 Å². The molecule has 2 heterocycles. The monoisotopic (exact) mass is 197 g/mol. The summed E-state index contributed by atoms with van der Waals surface area (Å²) in [7, 11) is 0. The van der Waals surface area contributed by atoms with Crippen LogP contribution in [0.5, 0.6) is 0 Å². The standard InChI is InChI=1S/C11H19NO2/c1-8-3-5-12(6-4-8)10-7-9(2)14-11(10)13/h8-10H,3-7H2,1-2H3/t9-,10+/m0/s1. The molecule has 3 heteroatoms. The number of nitrogens with zero attached hydrogens (tertiary/aromatic N) is 1. The minimum absolute atomic E-state index is 0.00736. The van der Waals surface area contributed by atoms with Crippen LogP contribution in [0.25, 0.3) is 0 Å². The maximum Gasteiger partial charge on any atom is 0.323 e. The van der Waals surface area contributed by atoms with Gasteiger partial charge in [0.2, 0.25) is 0 Å². The number of carbonyl (C=O) groups excluding carboxylic acids is 1. The Morgan fingerprint density at radius 2 is 1.93 bits per heavy atom. The highest BCUT2D eigenvalue weighted by atomic mass is 16.6. The molecule has 14 heavy (non-hydrogen) atoms. The Balaban J connectivity index is 1.92. The molecule has 80 valence electrons. The highest BCUT2D eigenvalue weighted by Gasteiger charge is 2.37. The van der Waals surface area contributed by atoms with Crippen molar-refractivity contribution in [2.24, 2.45) is 5.92 Å². The van der Waals surface area contributed by atoms with Crippen molar-refractivity contribution in [3.05, 3.63) is 0 Å². The predicted molar refractivity (Wildman–Crippen MR) is 53.9 cm³/mol. The van der Waals surface area contributed by atoms with E-state index in [2.05, 4.69) is 11.8 Å². The summed E-state index contributed by atoms with van der Waals surface area (Å²) in [6.45, 7) is 6.39. The van der Waals surface area contributed by atoms with Gasteiger partial charge in [0.05, 0.1) is 0 Å². The van der Waals surface area contributed by atoms with Crippen molar-refractivity contribution in [3.8, 4) is 0 Å². The Morgan fingerprint density at radius 3 is 2.43 bits per heavy atom. The maximum atomic E-state index is 11.5. The van der Waals surface area contributed by atoms with Gasteiger partial charge in [-0.3, -0.25) is 9.69 Å². The van der Waals surface area contributed by atoms with Crippen molar-refractivity contribution in [2.75, 3.05) is 13.1 Å². The van der Waals surface area contributed by atoms with Gasteiger partial charge in [0.1, 0.15) is 12.1 Å². The quantitative estimate of drug-likeness (QED) is 0.595. The first-order chi connectivity index (χ1) is 6.66. The first-order valence-electron chi connectivity index (χ1n) is 5.61. The minimum Gasteiger partial charge on any atom is -0.461 e. The summed E-state index contributed by atoms with van der Waals surface area (Å²) >= 11 is 0. The van der Waals surface area contributed by atoms with Gasteiger partial charge in [-0.1, -0.05) is 6.92 Å². The fourth-order valence-corrected chi connectivity index (χ4v) is 2.37. The average Bonchev–Trinajstić information content (AvgIpc) is 2.47. The Morgan fingerprint density at radius 1 is 1.29 bits per heavy atom. The molecule has 0 aromatic heterocycles. The number of esters is 1. The summed E-state index contributed by atoms with van der Waals surface area (Å²) in [5, 5.41) is 0. The van der Waals surface area contributed by atoms with Crippen LogP contribution in [-0.2, 0) is 9.53 Å². The minimum atomic E-state index is -0.00736. The predicted octanol–water partition coefficient (Wildman–Crippen LogP) is 1.42. The zero-order chi connectivity index (χ0) is 10.1. The van der Waals surface area contributed by atoms with E-state index >= 15 is 0 Å². The van der Waals surface area contributed by atoms with E-state index in [0.29, 0.717) is 0 Å². The molecule has 3 nitrogen and oxygen atoms in total. The van der Waals surface area contributed by atoms with Gasteiger partial charge in [0.25, 0.3) is 0 Å². The van der Waals surface area contributed by atoms with Gasteiger partial charge in [-0.05, 0) is 38.8 Å². The Hall–Kier alpha value is -0.570. The van der Waals surface area contributed by atoms with Gasteiger partial charge < -0.3 is 4.74 Å². The molecule has 2 fully saturated rings. The lowest BCUT2D eigenvalue weighted by molar-refractivity contribution is -0.145. The highest BCUT2D eigenvalue weighted by molar-refractivity contribution is 5.77. The van der Waals surface area contributed by atoms with Crippen LogP contribution in [0.4, 0.5) is 0 Å². The van der Waals surface area contributed by atoms with Gasteiger partial charge in [0, 0.05) is 6.42 Å². The van der Waals surface area contributed by atoms with Crippen molar-refractivity contribution in [1.82, 2.24) is 4.90 Å². The zero-order valence-corrected chi connectivity index (χ0v) is 9.03. The Bertz CT molecular complexity index is 221. The van der Waals surface area contributed by atoms with E-state index < -0.39 is 0 Å². The molecule has 2 atom stereocenters. The normalized spacial score (nSPS) is 36.0. The summed E-state index contributed by atoms with van der Waals surface area (Å²) in [4.78, 5) is 13.8. The molecule has 0 unspecified atom stereocenters. The molecule has 2 rings (SSSR count). The van der Waals surface area contributed by atoms with Crippen molar-refractivity contribution >= 4 is 5.97 Å². The largest absolute Gasteiger partial charge is 0.461 e. The molecule has 0 radical (unpaired) electrons. The van der Waals surface area contributed by atoms with E-state index in [0.717, 1.165) is 25.4 Å². The number of carbonyl (C=O) groups is 1. The topological polar surface area (TPSA) is 29.5 Å².